The number of benzene rings is 2. The topological polar surface area (TPSA) is 24.9 Å². The van der Waals surface area contributed by atoms with E-state index in [1.807, 2.05) is 19.3 Å². The molecule has 0 radical (unpaired) electrons. The number of halogens is 1. The van der Waals surface area contributed by atoms with Gasteiger partial charge in [0.25, 0.3) is 0 Å². The SMILES string of the molecule is CNC(c1cccc(I)c1)c1ccc2cccnc2c1. The molecular weight excluding hydrogens is 359 g/mol. The summed E-state index contributed by atoms with van der Waals surface area (Å²) < 4.78 is 1.25. The van der Waals surface area contributed by atoms with Gasteiger partial charge in [0.15, 0.2) is 0 Å². The summed E-state index contributed by atoms with van der Waals surface area (Å²) in [7, 11) is 1.99. The first-order valence-corrected chi connectivity index (χ1v) is 7.63. The Labute approximate surface area is 132 Å². The molecule has 1 heterocycles. The first-order valence-electron chi connectivity index (χ1n) is 6.55. The Bertz CT molecular complexity index is 740. The minimum absolute atomic E-state index is 0.191. The van der Waals surface area contributed by atoms with Crippen molar-refractivity contribution in [2.75, 3.05) is 7.05 Å². The molecule has 0 saturated carbocycles. The van der Waals surface area contributed by atoms with Gasteiger partial charge in [-0.25, -0.2) is 0 Å². The molecule has 3 aromatic rings. The Balaban J connectivity index is 2.07. The Morgan fingerprint density at radius 3 is 2.65 bits per heavy atom. The molecule has 2 aromatic carbocycles. The molecule has 1 unspecified atom stereocenters. The average molecular weight is 374 g/mol. The first kappa shape index (κ1) is 13.5. The van der Waals surface area contributed by atoms with Crippen LogP contribution >= 0.6 is 22.6 Å². The van der Waals surface area contributed by atoms with Crippen LogP contribution in [-0.2, 0) is 0 Å². The van der Waals surface area contributed by atoms with Crippen molar-refractivity contribution in [3.05, 3.63) is 75.5 Å². The Morgan fingerprint density at radius 2 is 1.85 bits per heavy atom. The van der Waals surface area contributed by atoms with E-state index < -0.39 is 0 Å². The van der Waals surface area contributed by atoms with Crippen molar-refractivity contribution in [2.45, 2.75) is 6.04 Å². The molecule has 100 valence electrons. The van der Waals surface area contributed by atoms with Crippen LogP contribution in [0.25, 0.3) is 10.9 Å². The summed E-state index contributed by atoms with van der Waals surface area (Å²) in [6.45, 7) is 0. The van der Waals surface area contributed by atoms with Crippen LogP contribution in [0.15, 0.2) is 60.8 Å². The van der Waals surface area contributed by atoms with E-state index in [9.17, 15) is 0 Å². The zero-order chi connectivity index (χ0) is 13.9. The predicted molar refractivity (Wildman–Crippen MR) is 91.8 cm³/mol. The van der Waals surface area contributed by atoms with Gasteiger partial charge in [-0.1, -0.05) is 30.3 Å². The fourth-order valence-corrected chi connectivity index (χ4v) is 3.04. The quantitative estimate of drug-likeness (QED) is 0.697. The van der Waals surface area contributed by atoms with E-state index in [0.29, 0.717) is 0 Å². The second-order valence-electron chi connectivity index (χ2n) is 4.73. The van der Waals surface area contributed by atoms with E-state index in [1.165, 1.54) is 20.1 Å². The van der Waals surface area contributed by atoms with Gasteiger partial charge in [-0.05, 0) is 65.0 Å². The lowest BCUT2D eigenvalue weighted by Crippen LogP contribution is -2.17. The van der Waals surface area contributed by atoms with Crippen molar-refractivity contribution in [1.82, 2.24) is 10.3 Å². The number of rotatable bonds is 3. The summed E-state index contributed by atoms with van der Waals surface area (Å²) in [6.07, 6.45) is 1.84. The van der Waals surface area contributed by atoms with Gasteiger partial charge in [0, 0.05) is 15.2 Å². The fraction of sp³-hybridized carbons (Fsp3) is 0.118. The van der Waals surface area contributed by atoms with E-state index in [4.69, 9.17) is 0 Å². The summed E-state index contributed by atoms with van der Waals surface area (Å²) in [4.78, 5) is 4.44. The van der Waals surface area contributed by atoms with Crippen molar-refractivity contribution in [3.8, 4) is 0 Å². The van der Waals surface area contributed by atoms with Gasteiger partial charge in [-0.15, -0.1) is 0 Å². The number of pyridine rings is 1. The van der Waals surface area contributed by atoms with E-state index >= 15 is 0 Å². The van der Waals surface area contributed by atoms with Crippen molar-refractivity contribution >= 4 is 33.5 Å². The average Bonchev–Trinajstić information content (AvgIpc) is 2.48. The minimum Gasteiger partial charge on any atom is -0.309 e. The maximum atomic E-state index is 4.44. The smallest absolute Gasteiger partial charge is 0.0705 e. The molecule has 20 heavy (non-hydrogen) atoms. The van der Waals surface area contributed by atoms with Gasteiger partial charge in [0.2, 0.25) is 0 Å². The molecule has 3 heteroatoms. The number of nitrogens with one attached hydrogen (secondary N) is 1. The highest BCUT2D eigenvalue weighted by atomic mass is 127. The number of fused-ring (bicyclic) bond motifs is 1. The highest BCUT2D eigenvalue weighted by molar-refractivity contribution is 14.1. The molecule has 0 aliphatic carbocycles. The lowest BCUT2D eigenvalue weighted by Gasteiger charge is -2.18. The highest BCUT2D eigenvalue weighted by Gasteiger charge is 2.12. The van der Waals surface area contributed by atoms with Crippen LogP contribution in [0.2, 0.25) is 0 Å². The van der Waals surface area contributed by atoms with Gasteiger partial charge in [0.05, 0.1) is 11.6 Å². The van der Waals surface area contributed by atoms with Gasteiger partial charge in [-0.3, -0.25) is 4.98 Å². The molecule has 1 N–H and O–H groups in total. The molecule has 1 aromatic heterocycles. The monoisotopic (exact) mass is 374 g/mol. The number of hydrogen-bond donors (Lipinski definition) is 1. The second kappa shape index (κ2) is 5.89. The highest BCUT2D eigenvalue weighted by Crippen LogP contribution is 2.25. The van der Waals surface area contributed by atoms with Crippen LogP contribution in [0.3, 0.4) is 0 Å². The number of aromatic nitrogens is 1. The first-order chi connectivity index (χ1) is 9.78. The molecule has 0 fully saturated rings. The van der Waals surface area contributed by atoms with Gasteiger partial charge < -0.3 is 5.32 Å². The molecule has 0 saturated heterocycles. The van der Waals surface area contributed by atoms with E-state index in [1.54, 1.807) is 0 Å². The molecule has 1 atom stereocenters. The van der Waals surface area contributed by atoms with E-state index in [2.05, 4.69) is 81.4 Å². The third kappa shape index (κ3) is 2.69. The third-order valence-corrected chi connectivity index (χ3v) is 4.10. The summed E-state index contributed by atoms with van der Waals surface area (Å²) in [5.74, 6) is 0. The lowest BCUT2D eigenvalue weighted by atomic mass is 9.98. The summed E-state index contributed by atoms with van der Waals surface area (Å²) in [6, 6.07) is 19.3. The van der Waals surface area contributed by atoms with Crippen molar-refractivity contribution in [1.29, 1.82) is 0 Å². The zero-order valence-electron chi connectivity index (χ0n) is 11.2. The molecule has 2 nitrogen and oxygen atoms in total. The standard InChI is InChI=1S/C17H15IN2/c1-19-17(13-4-2-6-15(18)10-13)14-8-7-12-5-3-9-20-16(12)11-14/h2-11,17,19H,1H3. The largest absolute Gasteiger partial charge is 0.309 e. The summed E-state index contributed by atoms with van der Waals surface area (Å²) >= 11 is 2.35. The molecule has 0 aliphatic rings. The molecule has 0 aliphatic heterocycles. The zero-order valence-corrected chi connectivity index (χ0v) is 13.3. The summed E-state index contributed by atoms with van der Waals surface area (Å²) in [5.41, 5.74) is 3.55. The Hall–Kier alpha value is -1.46. The van der Waals surface area contributed by atoms with E-state index in [-0.39, 0.29) is 6.04 Å². The molecule has 0 bridgehead atoms. The number of nitrogens with zero attached hydrogens (tertiary/aromatic N) is 1. The predicted octanol–water partition coefficient (Wildman–Crippen LogP) is 4.15. The van der Waals surface area contributed by atoms with Crippen LogP contribution in [-0.4, -0.2) is 12.0 Å². The Morgan fingerprint density at radius 1 is 1.00 bits per heavy atom. The number of hydrogen-bond acceptors (Lipinski definition) is 2. The molecule has 3 rings (SSSR count). The van der Waals surface area contributed by atoms with Crippen LogP contribution in [0.1, 0.15) is 17.2 Å². The Kier molecular flexibility index (Phi) is 3.98. The molecular formula is C17H15IN2. The summed E-state index contributed by atoms with van der Waals surface area (Å²) in [5, 5.41) is 4.57. The van der Waals surface area contributed by atoms with E-state index in [0.717, 1.165) is 5.52 Å². The van der Waals surface area contributed by atoms with Crippen molar-refractivity contribution in [3.63, 3.8) is 0 Å². The van der Waals surface area contributed by atoms with Crippen molar-refractivity contribution in [2.24, 2.45) is 0 Å². The van der Waals surface area contributed by atoms with Gasteiger partial charge in [0.1, 0.15) is 0 Å². The second-order valence-corrected chi connectivity index (χ2v) is 5.98. The minimum atomic E-state index is 0.191. The maximum Gasteiger partial charge on any atom is 0.0705 e. The normalized spacial score (nSPS) is 12.5. The third-order valence-electron chi connectivity index (χ3n) is 3.43. The van der Waals surface area contributed by atoms with Crippen LogP contribution < -0.4 is 5.32 Å². The van der Waals surface area contributed by atoms with Crippen LogP contribution in [0, 0.1) is 3.57 Å². The van der Waals surface area contributed by atoms with Crippen LogP contribution in [0.5, 0.6) is 0 Å². The van der Waals surface area contributed by atoms with Gasteiger partial charge in [-0.2, -0.15) is 0 Å². The van der Waals surface area contributed by atoms with Crippen molar-refractivity contribution < 1.29 is 0 Å². The maximum absolute atomic E-state index is 4.44. The fourth-order valence-electron chi connectivity index (χ4n) is 2.47. The molecule has 0 amide bonds. The van der Waals surface area contributed by atoms with Gasteiger partial charge >= 0.3 is 0 Å². The molecule has 0 spiro atoms. The van der Waals surface area contributed by atoms with Crippen LogP contribution in [0.4, 0.5) is 0 Å². The lowest BCUT2D eigenvalue weighted by molar-refractivity contribution is 0.692.